The van der Waals surface area contributed by atoms with Crippen molar-refractivity contribution in [2.24, 2.45) is 0 Å². The van der Waals surface area contributed by atoms with Crippen molar-refractivity contribution in [2.45, 2.75) is 77.2 Å². The Bertz CT molecular complexity index is 8440. The van der Waals surface area contributed by atoms with Gasteiger partial charge in [0.05, 0.1) is 67.4 Å². The molecule has 19 rings (SSSR count). The molecule has 4 N–H and O–H groups in total. The molecule has 9 aromatic heterocycles. The number of methoxy groups -OCH3 is 2. The van der Waals surface area contributed by atoms with E-state index in [0.29, 0.717) is 97.2 Å². The van der Waals surface area contributed by atoms with Crippen LogP contribution in [-0.4, -0.2) is 76.7 Å². The molecule has 134 heavy (non-hydrogen) atoms. The van der Waals surface area contributed by atoms with E-state index in [1.807, 2.05) is 62.1 Å². The fourth-order valence-corrected chi connectivity index (χ4v) is 19.2. The highest BCUT2D eigenvalue weighted by molar-refractivity contribution is 9.10. The van der Waals surface area contributed by atoms with E-state index in [-0.39, 0.29) is 112 Å². The SMILES string of the molecule is COc1ccc(Sc2c(O)c3c(=O)n(Cc4ccc(F)cc4)c4cc(SC)ccc4c3oc2=O)cc1.COc1cccc(Sc2c(O)c3c(=O)n(Cc4ccc(F)cc4)c4cc(SC)ccc4c3oc2=O)c1.CSc1ccc2c3oc(=O)c(Sc4ccccc4Cl)c(O)c3c(=O)n(Cc3ccc(F)cc3)c2c1.Cc1cnc2c(c1)c1oc(=O)c(Br)c(O)c1c(=O)n2Cc1ccc(F)cc1. The van der Waals surface area contributed by atoms with Gasteiger partial charge in [-0.05, 0) is 233 Å². The Kier molecular flexibility index (Phi) is 28.0. The van der Waals surface area contributed by atoms with Crippen LogP contribution in [0.2, 0.25) is 5.02 Å². The van der Waals surface area contributed by atoms with Gasteiger partial charge in [0.2, 0.25) is 0 Å². The molecule has 0 aliphatic rings. The molecule has 0 bridgehead atoms. The van der Waals surface area contributed by atoms with Gasteiger partial charge in [-0.2, -0.15) is 0 Å². The smallest absolute Gasteiger partial charge is 0.354 e. The molecule has 0 saturated carbocycles. The van der Waals surface area contributed by atoms with E-state index in [4.69, 9.17) is 38.7 Å². The van der Waals surface area contributed by atoms with E-state index in [1.54, 1.807) is 159 Å². The summed E-state index contributed by atoms with van der Waals surface area (Å²) >= 11 is 16.6. The van der Waals surface area contributed by atoms with Gasteiger partial charge in [0.15, 0.2) is 45.3 Å². The number of ether oxygens (including phenoxy) is 2. The number of thioether (sulfide) groups is 3. The van der Waals surface area contributed by atoms with Crippen molar-refractivity contribution in [3.8, 4) is 34.5 Å². The van der Waals surface area contributed by atoms with E-state index < -0.39 is 67.7 Å². The summed E-state index contributed by atoms with van der Waals surface area (Å²) in [5.74, 6) is -2.11. The number of nitrogens with zero attached hydrogens (tertiary/aromatic N) is 5. The Morgan fingerprint density at radius 2 is 0.724 bits per heavy atom. The van der Waals surface area contributed by atoms with Crippen LogP contribution in [0.3, 0.4) is 0 Å². The van der Waals surface area contributed by atoms with Crippen molar-refractivity contribution in [3.63, 3.8) is 0 Å². The normalized spacial score (nSPS) is 11.3. The Morgan fingerprint density at radius 3 is 1.12 bits per heavy atom. The molecule has 0 fully saturated rings. The first-order chi connectivity index (χ1) is 64.5. The van der Waals surface area contributed by atoms with Gasteiger partial charge in [-0.15, -0.1) is 35.3 Å². The summed E-state index contributed by atoms with van der Waals surface area (Å²) in [7, 11) is 3.08. The van der Waals surface area contributed by atoms with Gasteiger partial charge < -0.3 is 61.3 Å². The van der Waals surface area contributed by atoms with E-state index in [1.165, 1.54) is 109 Å². The number of benzene rings is 10. The van der Waals surface area contributed by atoms with Gasteiger partial charge in [0.1, 0.15) is 81.1 Å². The van der Waals surface area contributed by atoms with Crippen LogP contribution >= 0.6 is 98.1 Å². The molecule has 0 aliphatic heterocycles. The lowest BCUT2D eigenvalue weighted by Crippen LogP contribution is -2.23. The highest BCUT2D eigenvalue weighted by atomic mass is 79.9. The number of hydrogen-bond acceptors (Lipinski definition) is 25. The molecular formula is C99H69BrClF4N5O18S6. The highest BCUT2D eigenvalue weighted by Crippen LogP contribution is 2.44. The van der Waals surface area contributed by atoms with Gasteiger partial charge in [-0.25, -0.2) is 41.7 Å². The van der Waals surface area contributed by atoms with Gasteiger partial charge >= 0.3 is 22.5 Å². The second kappa shape index (κ2) is 40.1. The van der Waals surface area contributed by atoms with E-state index in [2.05, 4.69) is 20.9 Å². The molecule has 9 heterocycles. The molecular weight excluding hydrogens is 1930 g/mol. The van der Waals surface area contributed by atoms with E-state index in [9.17, 15) is 76.3 Å². The Morgan fingerprint density at radius 1 is 0.373 bits per heavy atom. The summed E-state index contributed by atoms with van der Waals surface area (Å²) < 4.78 is 91.8. The zero-order valence-electron chi connectivity index (χ0n) is 70.8. The van der Waals surface area contributed by atoms with Crippen LogP contribution in [0.25, 0.3) is 87.6 Å². The van der Waals surface area contributed by atoms with Crippen molar-refractivity contribution in [1.29, 1.82) is 0 Å². The Balaban J connectivity index is 0.000000131. The largest absolute Gasteiger partial charge is 0.506 e. The number of rotatable bonds is 19. The molecule has 23 nitrogen and oxygen atoms in total. The molecule has 10 aromatic carbocycles. The maximum absolute atomic E-state index is 13.8. The van der Waals surface area contributed by atoms with Gasteiger partial charge in [0, 0.05) is 51.7 Å². The molecule has 0 amide bonds. The molecule has 0 saturated heterocycles. The molecule has 676 valence electrons. The molecule has 0 radical (unpaired) electrons. The van der Waals surface area contributed by atoms with Crippen LogP contribution in [0, 0.1) is 30.2 Å². The van der Waals surface area contributed by atoms with Crippen LogP contribution in [0.4, 0.5) is 17.6 Å². The van der Waals surface area contributed by atoms with E-state index >= 15 is 0 Å². The highest BCUT2D eigenvalue weighted by Gasteiger charge is 2.29. The third kappa shape index (κ3) is 19.2. The molecule has 19 aromatic rings. The van der Waals surface area contributed by atoms with Crippen molar-refractivity contribution in [2.75, 3.05) is 33.0 Å². The first-order valence-electron chi connectivity index (χ1n) is 40.1. The number of aromatic hydroxyl groups is 4. The molecule has 0 aliphatic carbocycles. The molecule has 0 unspecified atom stereocenters. The minimum Gasteiger partial charge on any atom is -0.506 e. The number of halogens is 6. The number of fused-ring (bicyclic) bond motifs is 12. The summed E-state index contributed by atoms with van der Waals surface area (Å²) in [6.45, 7) is 2.33. The van der Waals surface area contributed by atoms with Gasteiger partial charge in [-0.1, -0.05) is 114 Å². The average molecular weight is 2000 g/mol. The predicted octanol–water partition coefficient (Wildman–Crippen LogP) is 21.8. The minimum atomic E-state index is -0.793. The zero-order chi connectivity index (χ0) is 94.8. The van der Waals surface area contributed by atoms with Gasteiger partial charge in [0.25, 0.3) is 22.2 Å². The van der Waals surface area contributed by atoms with Crippen LogP contribution in [0.15, 0.2) is 341 Å². The lowest BCUT2D eigenvalue weighted by atomic mass is 10.1. The number of hydrogen-bond donors (Lipinski definition) is 4. The molecule has 0 atom stereocenters. The Hall–Kier alpha value is -13.6. The summed E-state index contributed by atoms with van der Waals surface area (Å²) in [5, 5.41) is 45.9. The fraction of sp³-hybridized carbons (Fsp3) is 0.101. The van der Waals surface area contributed by atoms with Crippen LogP contribution in [0.1, 0.15) is 27.8 Å². The lowest BCUT2D eigenvalue weighted by molar-refractivity contribution is 0.413. The fourth-order valence-electron chi connectivity index (χ4n) is 14.8. The maximum atomic E-state index is 13.8. The van der Waals surface area contributed by atoms with Crippen LogP contribution in [-0.2, 0) is 26.2 Å². The second-order valence-corrected chi connectivity index (χ2v) is 36.8. The molecule has 0 spiro atoms. The summed E-state index contributed by atoms with van der Waals surface area (Å²) in [4.78, 5) is 114. The van der Waals surface area contributed by atoms with Crippen molar-refractivity contribution in [3.05, 3.63) is 380 Å². The van der Waals surface area contributed by atoms with Crippen LogP contribution in [0.5, 0.6) is 34.5 Å². The zero-order valence-corrected chi connectivity index (χ0v) is 78.0. The number of pyridine rings is 5. The van der Waals surface area contributed by atoms with Gasteiger partial charge in [-0.3, -0.25) is 23.7 Å². The Labute approximate surface area is 793 Å². The summed E-state index contributed by atoms with van der Waals surface area (Å²) in [5.41, 5.74) is 0.348. The standard InChI is InChI=1S/2C27H20FNO5S2.C26H17ClFNO4S2.C19H12BrFN2O4/c1-33-17-7-9-18(10-8-17)36-25-23(30)22-24(34-27(25)32)20-12-11-19(35-2)13-21(20)29(26(22)31)14-15-3-5-16(28)6-4-15;1-33-17-4-3-5-19(12-17)36-25-23(30)22-24(34-27(25)32)20-11-10-18(35-2)13-21(20)29(26(22)31)14-15-6-8-16(28)9-7-15;1-34-16-10-11-17-19(12-16)29(13-14-6-8-15(28)9-7-14)25(31)21-22(30)24(26(32)33-23(17)21)35-20-5-3-2-4-18(20)27;1-9-6-12-16-13(15(24)14(20)19(26)27-16)18(25)23(17(12)22-7-9)8-10-2-4-11(21)5-3-10/h2*3-13,30H,14H2,1-2H3;2-12,30H,13H2,1H3;2-7,24H,8H2,1H3. The number of aryl methyl sites for hydroxylation is 1. The predicted molar refractivity (Wildman–Crippen MR) is 521 cm³/mol. The first-order valence-corrected chi connectivity index (χ1v) is 47.4. The number of aromatic nitrogens is 5. The van der Waals surface area contributed by atoms with Crippen LogP contribution < -0.4 is 54.2 Å². The quantitative estimate of drug-likeness (QED) is 0.0332. The second-order valence-electron chi connectivity index (χ2n) is 29.8. The van der Waals surface area contributed by atoms with Crippen molar-refractivity contribution >= 4 is 186 Å². The maximum Gasteiger partial charge on any atom is 0.354 e. The van der Waals surface area contributed by atoms with E-state index in [0.717, 1.165) is 55.5 Å². The monoisotopic (exact) mass is 2000 g/mol. The molecule has 35 heteroatoms. The topological polar surface area (TPSA) is 321 Å². The summed E-state index contributed by atoms with van der Waals surface area (Å²) in [6.07, 6.45) is 7.33. The lowest BCUT2D eigenvalue weighted by Gasteiger charge is -2.15. The average Bonchev–Trinajstić information content (AvgIpc) is 0.742. The third-order valence-corrected chi connectivity index (χ3v) is 28.0. The van der Waals surface area contributed by atoms with Crippen molar-refractivity contribution < 1.29 is 65.1 Å². The third-order valence-electron chi connectivity index (χ3n) is 21.4. The summed E-state index contributed by atoms with van der Waals surface area (Å²) in [6, 6.07) is 62.2. The van der Waals surface area contributed by atoms with Crippen molar-refractivity contribution in [1.82, 2.24) is 23.3 Å². The first kappa shape index (κ1) is 93.6. The minimum absolute atomic E-state index is 0.0130.